The predicted octanol–water partition coefficient (Wildman–Crippen LogP) is 4.22. The number of hydrogen-bond acceptors (Lipinski definition) is 4. The highest BCUT2D eigenvalue weighted by molar-refractivity contribution is 5.62. The van der Waals surface area contributed by atoms with Gasteiger partial charge >= 0.3 is 0 Å². The topological polar surface area (TPSA) is 48.3 Å². The monoisotopic (exact) mass is 367 g/mol. The lowest BCUT2D eigenvalue weighted by Crippen LogP contribution is -2.21. The second-order valence-electron chi connectivity index (χ2n) is 7.49. The fourth-order valence-corrected chi connectivity index (χ4v) is 4.40. The Morgan fingerprint density at radius 1 is 1.19 bits per heavy atom. The molecule has 0 amide bonds. The number of hydrogen-bond donors (Lipinski definition) is 1. The number of ether oxygens (including phenoxy) is 2. The van der Waals surface area contributed by atoms with E-state index in [1.165, 1.54) is 12.8 Å². The number of benzene rings is 1. The zero-order valence-corrected chi connectivity index (χ0v) is 16.2. The van der Waals surface area contributed by atoms with Crippen LogP contribution in [0.5, 0.6) is 5.75 Å². The molecule has 1 saturated carbocycles. The van der Waals surface area contributed by atoms with Gasteiger partial charge in [0.1, 0.15) is 5.75 Å². The largest absolute Gasteiger partial charge is 0.494 e. The van der Waals surface area contributed by atoms with Crippen LogP contribution in [-0.4, -0.2) is 36.4 Å². The first-order valence-electron chi connectivity index (χ1n) is 9.98. The van der Waals surface area contributed by atoms with Gasteiger partial charge in [-0.2, -0.15) is 0 Å². The van der Waals surface area contributed by atoms with Crippen molar-refractivity contribution in [1.82, 2.24) is 9.55 Å². The van der Waals surface area contributed by atoms with E-state index >= 15 is 0 Å². The van der Waals surface area contributed by atoms with Gasteiger partial charge in [0.05, 0.1) is 25.1 Å². The Balaban J connectivity index is 1.50. The minimum Gasteiger partial charge on any atom is -0.494 e. The number of nitrogens with zero attached hydrogens (tertiary/aromatic N) is 2. The summed E-state index contributed by atoms with van der Waals surface area (Å²) in [4.78, 5) is 4.67. The van der Waals surface area contributed by atoms with Crippen molar-refractivity contribution in [3.8, 4) is 17.0 Å². The second kappa shape index (κ2) is 8.17. The maximum Gasteiger partial charge on any atom is 0.203 e. The molecule has 2 bridgehead atoms. The van der Waals surface area contributed by atoms with Gasteiger partial charge < -0.3 is 19.4 Å². The third-order valence-corrected chi connectivity index (χ3v) is 5.77. The van der Waals surface area contributed by atoms with Crippen molar-refractivity contribution in [3.05, 3.63) is 42.6 Å². The molecular formula is C22H29N3O2. The summed E-state index contributed by atoms with van der Waals surface area (Å²) >= 11 is 0. The fraction of sp³-hybridized carbons (Fsp3) is 0.500. The molecule has 4 rings (SSSR count). The highest BCUT2D eigenvalue weighted by atomic mass is 16.5. The molecule has 5 nitrogen and oxygen atoms in total. The van der Waals surface area contributed by atoms with E-state index in [1.54, 1.807) is 7.11 Å². The molecule has 0 unspecified atom stereocenters. The molecule has 0 spiro atoms. The van der Waals surface area contributed by atoms with Crippen LogP contribution in [-0.2, 0) is 11.3 Å². The molecule has 3 atom stereocenters. The number of imidazole rings is 1. The van der Waals surface area contributed by atoms with Gasteiger partial charge in [0.2, 0.25) is 5.95 Å². The van der Waals surface area contributed by atoms with Crippen LogP contribution in [0.15, 0.2) is 42.6 Å². The van der Waals surface area contributed by atoms with Crippen LogP contribution in [0.25, 0.3) is 11.3 Å². The molecule has 0 aliphatic heterocycles. The van der Waals surface area contributed by atoms with Gasteiger partial charge in [-0.05, 0) is 61.8 Å². The average Bonchev–Trinajstić information content (AvgIpc) is 3.41. The van der Waals surface area contributed by atoms with Crippen LogP contribution in [0.3, 0.4) is 0 Å². The van der Waals surface area contributed by atoms with E-state index in [4.69, 9.17) is 9.47 Å². The van der Waals surface area contributed by atoms with Gasteiger partial charge in [-0.25, -0.2) is 4.98 Å². The van der Waals surface area contributed by atoms with Crippen LogP contribution in [0.2, 0.25) is 0 Å². The van der Waals surface area contributed by atoms with E-state index in [2.05, 4.69) is 39.2 Å². The molecule has 2 aromatic rings. The molecule has 2 aliphatic rings. The molecule has 27 heavy (non-hydrogen) atoms. The highest BCUT2D eigenvalue weighted by Gasteiger charge is 2.35. The molecule has 1 aromatic carbocycles. The lowest BCUT2D eigenvalue weighted by Gasteiger charge is -2.20. The first kappa shape index (κ1) is 18.1. The average molecular weight is 367 g/mol. The lowest BCUT2D eigenvalue weighted by atomic mass is 9.94. The first-order chi connectivity index (χ1) is 13.3. The second-order valence-corrected chi connectivity index (χ2v) is 7.49. The van der Waals surface area contributed by atoms with E-state index in [-0.39, 0.29) is 0 Å². The Morgan fingerprint density at radius 3 is 2.70 bits per heavy atom. The summed E-state index contributed by atoms with van der Waals surface area (Å²) in [6.45, 7) is 5.09. The van der Waals surface area contributed by atoms with Gasteiger partial charge in [0.25, 0.3) is 0 Å². The summed E-state index contributed by atoms with van der Waals surface area (Å²) < 4.78 is 13.1. The predicted molar refractivity (Wildman–Crippen MR) is 108 cm³/mol. The molecule has 0 saturated heterocycles. The zero-order valence-electron chi connectivity index (χ0n) is 16.2. The number of aromatic nitrogens is 2. The van der Waals surface area contributed by atoms with Crippen LogP contribution in [0.1, 0.15) is 19.8 Å². The summed E-state index contributed by atoms with van der Waals surface area (Å²) in [5.74, 6) is 4.10. The molecule has 2 aliphatic carbocycles. The normalized spacial score (nSPS) is 23.1. The standard InChI is InChI=1S/C22H29N3O2/c1-3-27-20-8-6-17(7-9-20)21-15-24-22(25(21)10-11-26-2)23-14-19-13-16-4-5-18(19)12-16/h4-9,15-16,18-19H,3,10-14H2,1-2H3,(H,23,24)/t16-,18+,19-/m1/s1. The quantitative estimate of drug-likeness (QED) is 0.674. The Morgan fingerprint density at radius 2 is 2.04 bits per heavy atom. The van der Waals surface area contributed by atoms with E-state index in [0.29, 0.717) is 13.2 Å². The number of allylic oxidation sites excluding steroid dienone is 2. The minimum atomic E-state index is 0.659. The van der Waals surface area contributed by atoms with Crippen molar-refractivity contribution in [3.63, 3.8) is 0 Å². The Kier molecular flexibility index (Phi) is 5.48. The van der Waals surface area contributed by atoms with Crippen molar-refractivity contribution in [2.24, 2.45) is 17.8 Å². The van der Waals surface area contributed by atoms with Crippen molar-refractivity contribution >= 4 is 5.95 Å². The molecule has 5 heteroatoms. The number of anilines is 1. The van der Waals surface area contributed by atoms with Crippen LogP contribution < -0.4 is 10.1 Å². The lowest BCUT2D eigenvalue weighted by molar-refractivity contribution is 0.188. The van der Waals surface area contributed by atoms with Gasteiger partial charge in [-0.1, -0.05) is 12.2 Å². The molecular weight excluding hydrogens is 338 g/mol. The van der Waals surface area contributed by atoms with E-state index in [9.17, 15) is 0 Å². The summed E-state index contributed by atoms with van der Waals surface area (Å²) in [5.41, 5.74) is 2.24. The zero-order chi connectivity index (χ0) is 18.6. The van der Waals surface area contributed by atoms with Gasteiger partial charge in [-0.15, -0.1) is 0 Å². The molecule has 1 N–H and O–H groups in total. The maximum absolute atomic E-state index is 5.56. The summed E-state index contributed by atoms with van der Waals surface area (Å²) in [6.07, 6.45) is 9.39. The Labute approximate surface area is 161 Å². The van der Waals surface area contributed by atoms with Crippen molar-refractivity contribution in [1.29, 1.82) is 0 Å². The van der Waals surface area contributed by atoms with Gasteiger partial charge in [0, 0.05) is 25.8 Å². The van der Waals surface area contributed by atoms with E-state index < -0.39 is 0 Å². The molecule has 1 fully saturated rings. The molecule has 1 heterocycles. The summed E-state index contributed by atoms with van der Waals surface area (Å²) in [5, 5.41) is 3.61. The highest BCUT2D eigenvalue weighted by Crippen LogP contribution is 2.43. The third kappa shape index (κ3) is 3.88. The van der Waals surface area contributed by atoms with E-state index in [1.807, 2.05) is 25.3 Å². The fourth-order valence-electron chi connectivity index (χ4n) is 4.40. The van der Waals surface area contributed by atoms with Crippen LogP contribution >= 0.6 is 0 Å². The van der Waals surface area contributed by atoms with Crippen LogP contribution in [0.4, 0.5) is 5.95 Å². The maximum atomic E-state index is 5.56. The number of fused-ring (bicyclic) bond motifs is 2. The van der Waals surface area contributed by atoms with E-state index in [0.717, 1.165) is 53.8 Å². The van der Waals surface area contributed by atoms with Crippen molar-refractivity contribution in [2.75, 3.05) is 32.2 Å². The van der Waals surface area contributed by atoms with Crippen molar-refractivity contribution < 1.29 is 9.47 Å². The number of nitrogens with one attached hydrogen (secondary N) is 1. The van der Waals surface area contributed by atoms with Gasteiger partial charge in [0.15, 0.2) is 0 Å². The molecule has 1 aromatic heterocycles. The smallest absolute Gasteiger partial charge is 0.203 e. The SMILES string of the molecule is CCOc1ccc(-c2cnc(NC[C@H]3C[C@@H]4C=C[C@H]3C4)n2CCOC)cc1. The van der Waals surface area contributed by atoms with Crippen molar-refractivity contribution in [2.45, 2.75) is 26.3 Å². The third-order valence-electron chi connectivity index (χ3n) is 5.77. The van der Waals surface area contributed by atoms with Gasteiger partial charge in [-0.3, -0.25) is 0 Å². The molecule has 144 valence electrons. The number of methoxy groups -OCH3 is 1. The Bertz CT molecular complexity index is 781. The summed E-state index contributed by atoms with van der Waals surface area (Å²) in [6, 6.07) is 8.22. The number of rotatable bonds is 9. The summed E-state index contributed by atoms with van der Waals surface area (Å²) in [7, 11) is 1.74. The van der Waals surface area contributed by atoms with Crippen LogP contribution in [0, 0.1) is 17.8 Å². The minimum absolute atomic E-state index is 0.659. The molecule has 0 radical (unpaired) electrons. The Hall–Kier alpha value is -2.27. The first-order valence-corrected chi connectivity index (χ1v) is 9.98.